The minimum atomic E-state index is -0.458. The number of nitrogens with one attached hydrogen (secondary N) is 1. The third-order valence-electron chi connectivity index (χ3n) is 2.18. The molecule has 0 aromatic heterocycles. The van der Waals surface area contributed by atoms with E-state index in [-0.39, 0.29) is 6.61 Å². The van der Waals surface area contributed by atoms with E-state index >= 15 is 0 Å². The maximum atomic E-state index is 11.4. The first-order valence-electron chi connectivity index (χ1n) is 5.28. The molecule has 0 bridgehead atoms. The number of anilines is 1. The highest BCUT2D eigenvalue weighted by molar-refractivity contribution is 5.84. The topological polar surface area (TPSA) is 38.3 Å². The van der Waals surface area contributed by atoms with Crippen LogP contribution in [0, 0.1) is 6.07 Å². The Balaban J connectivity index is 1.83. The first-order chi connectivity index (χ1) is 8.34. The molecular weight excluding hydrogens is 214 g/mol. The second-order valence-corrected chi connectivity index (χ2v) is 3.48. The summed E-state index contributed by atoms with van der Waals surface area (Å²) in [7, 11) is 0. The van der Waals surface area contributed by atoms with Gasteiger partial charge in [0.05, 0.1) is 0 Å². The van der Waals surface area contributed by atoms with Gasteiger partial charge in [-0.25, -0.2) is 4.79 Å². The van der Waals surface area contributed by atoms with Gasteiger partial charge in [0.2, 0.25) is 0 Å². The lowest BCUT2D eigenvalue weighted by Crippen LogP contribution is -2.13. The zero-order valence-corrected chi connectivity index (χ0v) is 9.22. The maximum Gasteiger partial charge on any atom is 0.411 e. The Bertz CT molecular complexity index is 468. The molecular formula is C14H12NO2. The van der Waals surface area contributed by atoms with E-state index in [1.807, 2.05) is 30.3 Å². The molecule has 1 N–H and O–H groups in total. The number of ether oxygens (including phenoxy) is 1. The third-order valence-corrected chi connectivity index (χ3v) is 2.18. The van der Waals surface area contributed by atoms with Gasteiger partial charge in [-0.3, -0.25) is 5.32 Å². The number of hydrogen-bond donors (Lipinski definition) is 1. The van der Waals surface area contributed by atoms with Crippen molar-refractivity contribution in [1.82, 2.24) is 0 Å². The Morgan fingerprint density at radius 2 is 1.82 bits per heavy atom. The molecule has 0 aliphatic heterocycles. The molecule has 0 saturated heterocycles. The third kappa shape index (κ3) is 3.65. The zero-order valence-electron chi connectivity index (χ0n) is 9.22. The number of carbonyl (C=O) groups excluding carboxylic acids is 1. The van der Waals surface area contributed by atoms with Crippen molar-refractivity contribution in [2.75, 3.05) is 5.32 Å². The van der Waals surface area contributed by atoms with E-state index in [9.17, 15) is 4.79 Å². The van der Waals surface area contributed by atoms with Crippen molar-refractivity contribution in [2.24, 2.45) is 0 Å². The van der Waals surface area contributed by atoms with Gasteiger partial charge in [-0.2, -0.15) is 0 Å². The Morgan fingerprint density at radius 3 is 2.53 bits per heavy atom. The molecule has 0 fully saturated rings. The number of benzene rings is 2. The molecule has 1 amide bonds. The first-order valence-corrected chi connectivity index (χ1v) is 5.28. The van der Waals surface area contributed by atoms with E-state index in [4.69, 9.17) is 4.74 Å². The molecule has 0 spiro atoms. The summed E-state index contributed by atoms with van der Waals surface area (Å²) >= 11 is 0. The molecule has 0 unspecified atom stereocenters. The van der Waals surface area contributed by atoms with Crippen LogP contribution in [0.25, 0.3) is 0 Å². The molecule has 3 heteroatoms. The molecule has 17 heavy (non-hydrogen) atoms. The number of hydrogen-bond acceptors (Lipinski definition) is 2. The number of amides is 1. The lowest BCUT2D eigenvalue weighted by atomic mass is 10.2. The van der Waals surface area contributed by atoms with Crippen molar-refractivity contribution in [3.8, 4) is 0 Å². The average Bonchev–Trinajstić information content (AvgIpc) is 2.39. The fraction of sp³-hybridized carbons (Fsp3) is 0.0714. The highest BCUT2D eigenvalue weighted by Gasteiger charge is 2.02. The van der Waals surface area contributed by atoms with Crippen molar-refractivity contribution in [2.45, 2.75) is 6.61 Å². The fourth-order valence-electron chi connectivity index (χ4n) is 1.35. The van der Waals surface area contributed by atoms with Gasteiger partial charge in [-0.05, 0) is 23.8 Å². The number of rotatable bonds is 3. The van der Waals surface area contributed by atoms with Crippen molar-refractivity contribution in [3.63, 3.8) is 0 Å². The van der Waals surface area contributed by atoms with Crippen LogP contribution in [0.5, 0.6) is 0 Å². The Labute approximate surface area is 100 Å². The second-order valence-electron chi connectivity index (χ2n) is 3.48. The van der Waals surface area contributed by atoms with Crippen LogP contribution in [0.3, 0.4) is 0 Å². The fourth-order valence-corrected chi connectivity index (χ4v) is 1.35. The summed E-state index contributed by atoms with van der Waals surface area (Å²) in [5.41, 5.74) is 1.66. The predicted octanol–water partition coefficient (Wildman–Crippen LogP) is 3.24. The van der Waals surface area contributed by atoms with Crippen LogP contribution in [-0.2, 0) is 11.3 Å². The quantitative estimate of drug-likeness (QED) is 0.872. The van der Waals surface area contributed by atoms with Crippen molar-refractivity contribution < 1.29 is 9.53 Å². The van der Waals surface area contributed by atoms with Crippen LogP contribution in [0.4, 0.5) is 10.5 Å². The predicted molar refractivity (Wildman–Crippen MR) is 65.5 cm³/mol. The minimum Gasteiger partial charge on any atom is -0.444 e. The summed E-state index contributed by atoms with van der Waals surface area (Å²) in [5, 5.41) is 2.63. The molecule has 1 radical (unpaired) electrons. The summed E-state index contributed by atoms with van der Waals surface area (Å²) in [5.74, 6) is 0. The maximum absolute atomic E-state index is 11.4. The van der Waals surface area contributed by atoms with Crippen LogP contribution in [0.2, 0.25) is 0 Å². The Hall–Kier alpha value is -2.29. The zero-order chi connectivity index (χ0) is 11.9. The Kier molecular flexibility index (Phi) is 3.76. The molecule has 2 aromatic rings. The molecule has 0 atom stereocenters. The van der Waals surface area contributed by atoms with Crippen molar-refractivity contribution in [3.05, 3.63) is 66.2 Å². The average molecular weight is 226 g/mol. The second kappa shape index (κ2) is 5.70. The van der Waals surface area contributed by atoms with Crippen LogP contribution >= 0.6 is 0 Å². The lowest BCUT2D eigenvalue weighted by Gasteiger charge is -2.06. The largest absolute Gasteiger partial charge is 0.444 e. The molecule has 0 heterocycles. The molecule has 0 aliphatic rings. The minimum absolute atomic E-state index is 0.269. The van der Waals surface area contributed by atoms with Gasteiger partial charge in [0, 0.05) is 5.69 Å². The molecule has 85 valence electrons. The summed E-state index contributed by atoms with van der Waals surface area (Å²) in [6, 6.07) is 19.4. The standard InChI is InChI=1S/C14H12NO2/c16-14(15-13-9-5-2-6-10-13)17-11-12-7-3-1-4-8-12/h1,3-10H,11H2,(H,15,16). The summed E-state index contributed by atoms with van der Waals surface area (Å²) < 4.78 is 5.07. The van der Waals surface area contributed by atoms with Gasteiger partial charge in [-0.15, -0.1) is 0 Å². The smallest absolute Gasteiger partial charge is 0.411 e. The van der Waals surface area contributed by atoms with Gasteiger partial charge in [0.1, 0.15) is 6.61 Å². The molecule has 2 rings (SSSR count). The first kappa shape index (κ1) is 11.2. The molecule has 0 aliphatic carbocycles. The highest BCUT2D eigenvalue weighted by atomic mass is 16.5. The van der Waals surface area contributed by atoms with Gasteiger partial charge in [0.25, 0.3) is 0 Å². The van der Waals surface area contributed by atoms with E-state index in [0.717, 1.165) is 5.56 Å². The van der Waals surface area contributed by atoms with Crippen molar-refractivity contribution >= 4 is 11.8 Å². The van der Waals surface area contributed by atoms with Crippen molar-refractivity contribution in [1.29, 1.82) is 0 Å². The monoisotopic (exact) mass is 226 g/mol. The van der Waals surface area contributed by atoms with E-state index in [1.165, 1.54) is 0 Å². The summed E-state index contributed by atoms with van der Waals surface area (Å²) in [6.07, 6.45) is -0.458. The van der Waals surface area contributed by atoms with E-state index in [0.29, 0.717) is 5.69 Å². The van der Waals surface area contributed by atoms with Gasteiger partial charge >= 0.3 is 6.09 Å². The molecule has 3 nitrogen and oxygen atoms in total. The van der Waals surface area contributed by atoms with Crippen LogP contribution in [0.15, 0.2) is 54.6 Å². The summed E-state index contributed by atoms with van der Waals surface area (Å²) in [4.78, 5) is 11.4. The Morgan fingerprint density at radius 1 is 1.12 bits per heavy atom. The van der Waals surface area contributed by atoms with Gasteiger partial charge in [-0.1, -0.05) is 42.5 Å². The SMILES string of the molecule is O=C(Nc1cc[c]cc1)OCc1ccccc1. The van der Waals surface area contributed by atoms with Crippen LogP contribution in [0.1, 0.15) is 5.56 Å². The van der Waals surface area contributed by atoms with Gasteiger partial charge in [0.15, 0.2) is 0 Å². The molecule has 0 saturated carbocycles. The summed E-state index contributed by atoms with van der Waals surface area (Å²) in [6.45, 7) is 0.269. The highest BCUT2D eigenvalue weighted by Crippen LogP contribution is 2.06. The lowest BCUT2D eigenvalue weighted by molar-refractivity contribution is 0.155. The van der Waals surface area contributed by atoms with E-state index in [2.05, 4.69) is 11.4 Å². The normalized spacial score (nSPS) is 9.65. The molecule has 2 aromatic carbocycles. The van der Waals surface area contributed by atoms with E-state index < -0.39 is 6.09 Å². The van der Waals surface area contributed by atoms with Crippen LogP contribution in [-0.4, -0.2) is 6.09 Å². The number of carbonyl (C=O) groups is 1. The van der Waals surface area contributed by atoms with E-state index in [1.54, 1.807) is 24.3 Å². The van der Waals surface area contributed by atoms with Crippen LogP contribution < -0.4 is 5.32 Å². The van der Waals surface area contributed by atoms with Gasteiger partial charge < -0.3 is 4.74 Å².